The van der Waals surface area contributed by atoms with E-state index in [2.05, 4.69) is 33.0 Å². The summed E-state index contributed by atoms with van der Waals surface area (Å²) >= 11 is 5.00. The van der Waals surface area contributed by atoms with Crippen LogP contribution in [0.25, 0.3) is 0 Å². The summed E-state index contributed by atoms with van der Waals surface area (Å²) in [5.41, 5.74) is 1.85. The van der Waals surface area contributed by atoms with Gasteiger partial charge in [-0.3, -0.25) is 4.79 Å². The zero-order valence-electron chi connectivity index (χ0n) is 10.8. The van der Waals surface area contributed by atoms with Crippen molar-refractivity contribution in [2.75, 3.05) is 11.9 Å². The summed E-state index contributed by atoms with van der Waals surface area (Å²) in [6.45, 7) is 0. The summed E-state index contributed by atoms with van der Waals surface area (Å²) in [6, 6.07) is 15.6. The molecule has 4 heteroatoms. The van der Waals surface area contributed by atoms with E-state index in [9.17, 15) is 4.79 Å². The van der Waals surface area contributed by atoms with Gasteiger partial charge in [0.15, 0.2) is 5.78 Å². The van der Waals surface area contributed by atoms with Crippen molar-refractivity contribution in [3.8, 4) is 0 Å². The summed E-state index contributed by atoms with van der Waals surface area (Å²) in [4.78, 5) is 15.5. The smallest absolute Gasteiger partial charge is 0.188 e. The average molecular weight is 346 g/mol. The van der Waals surface area contributed by atoms with E-state index in [0.717, 1.165) is 15.2 Å². The number of nitrogens with zero attached hydrogens (tertiary/aromatic N) is 1. The first kappa shape index (κ1) is 13.5. The number of halogens is 1. The Kier molecular flexibility index (Phi) is 3.68. The van der Waals surface area contributed by atoms with Crippen molar-refractivity contribution in [2.45, 2.75) is 4.90 Å². The fourth-order valence-electron chi connectivity index (χ4n) is 2.06. The van der Waals surface area contributed by atoms with Gasteiger partial charge >= 0.3 is 0 Å². The molecule has 0 bridgehead atoms. The van der Waals surface area contributed by atoms with Crippen LogP contribution in [0, 0.1) is 0 Å². The van der Waals surface area contributed by atoms with Crippen molar-refractivity contribution in [2.24, 2.45) is 0 Å². The van der Waals surface area contributed by atoms with Gasteiger partial charge < -0.3 is 4.90 Å². The van der Waals surface area contributed by atoms with Gasteiger partial charge in [0.2, 0.25) is 0 Å². The van der Waals surface area contributed by atoms with E-state index in [4.69, 9.17) is 0 Å². The minimum Gasteiger partial charge on any atom is -0.338 e. The van der Waals surface area contributed by atoms with Gasteiger partial charge in [-0.15, -0.1) is 0 Å². The molecule has 0 fully saturated rings. The second kappa shape index (κ2) is 5.46. The molecule has 0 N–H and O–H groups in total. The minimum absolute atomic E-state index is 0.0275. The van der Waals surface area contributed by atoms with Crippen LogP contribution in [0.1, 0.15) is 10.4 Å². The van der Waals surface area contributed by atoms with Gasteiger partial charge in [-0.25, -0.2) is 0 Å². The summed E-state index contributed by atoms with van der Waals surface area (Å²) in [5.74, 6) is 0.0275. The molecule has 0 amide bonds. The Balaban J connectivity index is 1.87. The van der Waals surface area contributed by atoms with Gasteiger partial charge in [0.1, 0.15) is 0 Å². The minimum atomic E-state index is 0.0275. The molecule has 0 aliphatic carbocycles. The quantitative estimate of drug-likeness (QED) is 0.580. The number of hydrogen-bond acceptors (Lipinski definition) is 3. The van der Waals surface area contributed by atoms with Gasteiger partial charge in [0, 0.05) is 28.1 Å². The number of para-hydroxylation sites is 1. The number of hydrogen-bond donors (Lipinski definition) is 0. The molecule has 1 aliphatic rings. The lowest BCUT2D eigenvalue weighted by molar-refractivity contribution is 0.104. The Bertz CT molecular complexity index is 694. The molecular formula is C16H12BrNOS. The van der Waals surface area contributed by atoms with Gasteiger partial charge in [-0.05, 0) is 36.4 Å². The Morgan fingerprint density at radius 2 is 1.85 bits per heavy atom. The third kappa shape index (κ3) is 2.53. The molecule has 2 aromatic carbocycles. The maximum Gasteiger partial charge on any atom is 0.188 e. The number of rotatable bonds is 2. The number of fused-ring (bicyclic) bond motifs is 1. The molecule has 0 saturated heterocycles. The first-order valence-electron chi connectivity index (χ1n) is 6.17. The molecule has 100 valence electrons. The highest BCUT2D eigenvalue weighted by Gasteiger charge is 2.22. The standard InChI is InChI=1S/C16H12BrNOS/c1-18-13-4-2-3-5-15(13)20-16(18)10-14(19)11-6-8-12(17)9-7-11/h2-10H,1H3/b16-10-. The zero-order valence-corrected chi connectivity index (χ0v) is 13.2. The van der Waals surface area contributed by atoms with Crippen molar-refractivity contribution in [1.29, 1.82) is 0 Å². The monoisotopic (exact) mass is 345 g/mol. The molecule has 0 unspecified atom stereocenters. The molecule has 2 nitrogen and oxygen atoms in total. The normalized spacial score (nSPS) is 15.5. The van der Waals surface area contributed by atoms with Crippen LogP contribution in [-0.4, -0.2) is 12.8 Å². The van der Waals surface area contributed by atoms with Crippen LogP contribution in [0.5, 0.6) is 0 Å². The largest absolute Gasteiger partial charge is 0.338 e. The van der Waals surface area contributed by atoms with Gasteiger partial charge in [-0.1, -0.05) is 39.8 Å². The maximum atomic E-state index is 12.3. The highest BCUT2D eigenvalue weighted by molar-refractivity contribution is 9.10. The number of allylic oxidation sites excluding steroid dienone is 1. The third-order valence-corrected chi connectivity index (χ3v) is 4.85. The Morgan fingerprint density at radius 1 is 1.15 bits per heavy atom. The topological polar surface area (TPSA) is 20.3 Å². The zero-order chi connectivity index (χ0) is 14.1. The molecule has 0 atom stereocenters. The van der Waals surface area contributed by atoms with E-state index < -0.39 is 0 Å². The van der Waals surface area contributed by atoms with Crippen LogP contribution in [0.4, 0.5) is 5.69 Å². The van der Waals surface area contributed by atoms with E-state index in [1.807, 2.05) is 43.4 Å². The highest BCUT2D eigenvalue weighted by Crippen LogP contribution is 2.44. The lowest BCUT2D eigenvalue weighted by atomic mass is 10.1. The average Bonchev–Trinajstić information content (AvgIpc) is 2.77. The lowest BCUT2D eigenvalue weighted by Crippen LogP contribution is -2.11. The maximum absolute atomic E-state index is 12.3. The van der Waals surface area contributed by atoms with Crippen LogP contribution < -0.4 is 4.90 Å². The SMILES string of the molecule is CN1/C(=C/C(=O)c2ccc(Br)cc2)Sc2ccccc21. The lowest BCUT2D eigenvalue weighted by Gasteiger charge is -2.12. The number of anilines is 1. The Hall–Kier alpha value is -1.52. The van der Waals surface area contributed by atoms with Crippen LogP contribution in [-0.2, 0) is 0 Å². The molecule has 0 spiro atoms. The van der Waals surface area contributed by atoms with Gasteiger partial charge in [-0.2, -0.15) is 0 Å². The predicted molar refractivity (Wildman–Crippen MR) is 87.3 cm³/mol. The van der Waals surface area contributed by atoms with Crippen molar-refractivity contribution in [3.05, 3.63) is 69.7 Å². The Labute approximate surface area is 130 Å². The first-order chi connectivity index (χ1) is 9.65. The molecule has 0 saturated carbocycles. The number of carbonyl (C=O) groups is 1. The molecule has 20 heavy (non-hydrogen) atoms. The second-order valence-corrected chi connectivity index (χ2v) is 6.46. The van der Waals surface area contributed by atoms with E-state index in [0.29, 0.717) is 5.56 Å². The van der Waals surface area contributed by atoms with E-state index in [1.54, 1.807) is 17.8 Å². The van der Waals surface area contributed by atoms with Crippen LogP contribution in [0.2, 0.25) is 0 Å². The summed E-state index contributed by atoms with van der Waals surface area (Å²) in [5, 5.41) is 0.958. The summed E-state index contributed by atoms with van der Waals surface area (Å²) in [7, 11) is 1.99. The number of ketones is 1. The highest BCUT2D eigenvalue weighted by atomic mass is 79.9. The third-order valence-electron chi connectivity index (χ3n) is 3.16. The van der Waals surface area contributed by atoms with Gasteiger partial charge in [0.05, 0.1) is 10.7 Å². The molecule has 1 heterocycles. The van der Waals surface area contributed by atoms with E-state index in [1.165, 1.54) is 4.90 Å². The van der Waals surface area contributed by atoms with Crippen molar-refractivity contribution in [3.63, 3.8) is 0 Å². The predicted octanol–water partition coefficient (Wildman–Crippen LogP) is 4.72. The van der Waals surface area contributed by atoms with Crippen molar-refractivity contribution in [1.82, 2.24) is 0 Å². The molecule has 1 aliphatic heterocycles. The number of carbonyl (C=O) groups excluding carboxylic acids is 1. The van der Waals surface area contributed by atoms with E-state index in [-0.39, 0.29) is 5.78 Å². The molecule has 3 rings (SSSR count). The van der Waals surface area contributed by atoms with Crippen LogP contribution in [0.15, 0.2) is 69.0 Å². The Morgan fingerprint density at radius 3 is 2.55 bits per heavy atom. The molecular weight excluding hydrogens is 334 g/mol. The van der Waals surface area contributed by atoms with Crippen molar-refractivity contribution < 1.29 is 4.79 Å². The molecule has 0 aromatic heterocycles. The summed E-state index contributed by atoms with van der Waals surface area (Å²) < 4.78 is 0.974. The molecule has 2 aromatic rings. The number of benzene rings is 2. The van der Waals surface area contributed by atoms with Gasteiger partial charge in [0.25, 0.3) is 0 Å². The fraction of sp³-hybridized carbons (Fsp3) is 0.0625. The molecule has 0 radical (unpaired) electrons. The summed E-state index contributed by atoms with van der Waals surface area (Å²) in [6.07, 6.45) is 1.70. The van der Waals surface area contributed by atoms with Crippen molar-refractivity contribution >= 4 is 39.2 Å². The number of thioether (sulfide) groups is 1. The van der Waals surface area contributed by atoms with Crippen LogP contribution in [0.3, 0.4) is 0 Å². The fourth-order valence-corrected chi connectivity index (χ4v) is 3.40. The van der Waals surface area contributed by atoms with Crippen LogP contribution >= 0.6 is 27.7 Å². The first-order valence-corrected chi connectivity index (χ1v) is 7.78. The second-order valence-electron chi connectivity index (χ2n) is 4.48. The van der Waals surface area contributed by atoms with E-state index >= 15 is 0 Å².